The van der Waals surface area contributed by atoms with Gasteiger partial charge in [0.25, 0.3) is 0 Å². The number of allylic oxidation sites excluding steroid dienone is 2. The molecule has 0 heterocycles. The molecule has 3 heteroatoms. The van der Waals surface area contributed by atoms with Gasteiger partial charge in [-0.05, 0) is 52.5 Å². The van der Waals surface area contributed by atoms with E-state index in [9.17, 15) is 5.11 Å². The number of benzene rings is 1. The van der Waals surface area contributed by atoms with E-state index in [1.54, 1.807) is 7.11 Å². The Bertz CT molecular complexity index is 651. The highest BCUT2D eigenvalue weighted by atomic mass is 16.7. The SMILES string of the molecule is CCCC(C1=CCC(C(OC)OC(C)(C)C)C=CC1)C(O)c1ccc(C)cc1. The number of rotatable bonds is 8. The Labute approximate surface area is 171 Å². The third-order valence-corrected chi connectivity index (χ3v) is 5.32. The lowest BCUT2D eigenvalue weighted by molar-refractivity contribution is -0.199. The van der Waals surface area contributed by atoms with Gasteiger partial charge in [0.1, 0.15) is 0 Å². The van der Waals surface area contributed by atoms with Crippen LogP contribution < -0.4 is 0 Å². The minimum atomic E-state index is -0.471. The van der Waals surface area contributed by atoms with Crippen molar-refractivity contribution in [2.75, 3.05) is 7.11 Å². The van der Waals surface area contributed by atoms with E-state index >= 15 is 0 Å². The summed E-state index contributed by atoms with van der Waals surface area (Å²) in [6.45, 7) is 10.4. The topological polar surface area (TPSA) is 38.7 Å². The summed E-state index contributed by atoms with van der Waals surface area (Å²) in [4.78, 5) is 0. The first-order valence-electron chi connectivity index (χ1n) is 10.6. The molecule has 4 atom stereocenters. The van der Waals surface area contributed by atoms with Crippen molar-refractivity contribution in [2.45, 2.75) is 78.3 Å². The van der Waals surface area contributed by atoms with Crippen LogP contribution in [0.15, 0.2) is 48.1 Å². The van der Waals surface area contributed by atoms with Crippen LogP contribution >= 0.6 is 0 Å². The van der Waals surface area contributed by atoms with Crippen LogP contribution in [0.25, 0.3) is 0 Å². The summed E-state index contributed by atoms with van der Waals surface area (Å²) < 4.78 is 11.7. The maximum atomic E-state index is 11.1. The summed E-state index contributed by atoms with van der Waals surface area (Å²) in [6.07, 6.45) is 9.76. The van der Waals surface area contributed by atoms with Gasteiger partial charge in [0.05, 0.1) is 11.7 Å². The second-order valence-corrected chi connectivity index (χ2v) is 8.90. The predicted molar refractivity (Wildman–Crippen MR) is 116 cm³/mol. The van der Waals surface area contributed by atoms with Crippen molar-refractivity contribution >= 4 is 0 Å². The van der Waals surface area contributed by atoms with Crippen molar-refractivity contribution in [1.82, 2.24) is 0 Å². The fourth-order valence-electron chi connectivity index (χ4n) is 3.84. The van der Waals surface area contributed by atoms with E-state index < -0.39 is 6.10 Å². The van der Waals surface area contributed by atoms with Crippen molar-refractivity contribution in [3.8, 4) is 0 Å². The van der Waals surface area contributed by atoms with E-state index in [-0.39, 0.29) is 23.7 Å². The quantitative estimate of drug-likeness (QED) is 0.432. The summed E-state index contributed by atoms with van der Waals surface area (Å²) in [7, 11) is 1.71. The van der Waals surface area contributed by atoms with Gasteiger partial charge in [-0.2, -0.15) is 0 Å². The van der Waals surface area contributed by atoms with Crippen LogP contribution in [0.1, 0.15) is 70.6 Å². The molecule has 28 heavy (non-hydrogen) atoms. The zero-order valence-electron chi connectivity index (χ0n) is 18.4. The lowest BCUT2D eigenvalue weighted by Gasteiger charge is -2.30. The number of hydrogen-bond donors (Lipinski definition) is 1. The van der Waals surface area contributed by atoms with Crippen molar-refractivity contribution < 1.29 is 14.6 Å². The van der Waals surface area contributed by atoms with Crippen molar-refractivity contribution in [3.63, 3.8) is 0 Å². The maximum absolute atomic E-state index is 11.1. The summed E-state index contributed by atoms with van der Waals surface area (Å²) >= 11 is 0. The molecule has 1 aliphatic carbocycles. The number of aryl methyl sites for hydroxylation is 1. The summed E-state index contributed by atoms with van der Waals surface area (Å²) in [5, 5.41) is 11.1. The zero-order chi connectivity index (χ0) is 20.7. The van der Waals surface area contributed by atoms with Crippen LogP contribution in [0.4, 0.5) is 0 Å². The van der Waals surface area contributed by atoms with Crippen LogP contribution in [-0.4, -0.2) is 24.1 Å². The van der Waals surface area contributed by atoms with Gasteiger partial charge in [0, 0.05) is 18.9 Å². The van der Waals surface area contributed by atoms with Crippen LogP contribution in [0, 0.1) is 18.8 Å². The molecule has 1 aromatic rings. The molecule has 4 unspecified atom stereocenters. The normalized spacial score (nSPS) is 21.0. The third-order valence-electron chi connectivity index (χ3n) is 5.32. The Balaban J connectivity index is 2.18. The van der Waals surface area contributed by atoms with Gasteiger partial charge in [0.2, 0.25) is 0 Å². The highest BCUT2D eigenvalue weighted by Crippen LogP contribution is 2.36. The lowest BCUT2D eigenvalue weighted by Crippen LogP contribution is -2.33. The van der Waals surface area contributed by atoms with E-state index in [1.165, 1.54) is 11.1 Å². The minimum absolute atomic E-state index is 0.139. The fraction of sp³-hybridized carbons (Fsp3) is 0.600. The first-order chi connectivity index (χ1) is 13.2. The lowest BCUT2D eigenvalue weighted by atomic mass is 9.83. The molecular weight excluding hydrogens is 348 g/mol. The first-order valence-corrected chi connectivity index (χ1v) is 10.6. The molecule has 0 saturated carbocycles. The third kappa shape index (κ3) is 6.58. The Hall–Kier alpha value is -1.42. The van der Waals surface area contributed by atoms with Gasteiger partial charge in [-0.3, -0.25) is 0 Å². The monoisotopic (exact) mass is 386 g/mol. The number of hydrogen-bond acceptors (Lipinski definition) is 3. The molecule has 3 nitrogen and oxygen atoms in total. The Kier molecular flexibility index (Phi) is 8.48. The second kappa shape index (κ2) is 10.4. The average Bonchev–Trinajstić information content (AvgIpc) is 2.89. The van der Waals surface area contributed by atoms with Gasteiger partial charge in [-0.25, -0.2) is 0 Å². The van der Waals surface area contributed by atoms with Gasteiger partial charge in [-0.15, -0.1) is 0 Å². The van der Waals surface area contributed by atoms with E-state index in [0.29, 0.717) is 0 Å². The summed E-state index contributed by atoms with van der Waals surface area (Å²) in [5.74, 6) is 0.321. The van der Waals surface area contributed by atoms with Crippen molar-refractivity contribution in [3.05, 3.63) is 59.2 Å². The molecule has 1 N–H and O–H groups in total. The van der Waals surface area contributed by atoms with E-state index in [1.807, 2.05) is 0 Å². The number of ether oxygens (including phenoxy) is 2. The zero-order valence-corrected chi connectivity index (χ0v) is 18.4. The van der Waals surface area contributed by atoms with Crippen LogP contribution in [0.2, 0.25) is 0 Å². The van der Waals surface area contributed by atoms with E-state index in [0.717, 1.165) is 31.2 Å². The van der Waals surface area contributed by atoms with Gasteiger partial charge in [-0.1, -0.05) is 67.0 Å². The molecule has 1 aliphatic rings. The maximum Gasteiger partial charge on any atom is 0.164 e. The Morgan fingerprint density at radius 3 is 2.43 bits per heavy atom. The molecule has 0 spiro atoms. The molecule has 1 aromatic carbocycles. The fourth-order valence-corrected chi connectivity index (χ4v) is 3.84. The Morgan fingerprint density at radius 1 is 1.18 bits per heavy atom. The smallest absolute Gasteiger partial charge is 0.164 e. The number of aliphatic hydroxyl groups is 1. The molecule has 2 rings (SSSR count). The van der Waals surface area contributed by atoms with Crippen molar-refractivity contribution in [1.29, 1.82) is 0 Å². The molecular formula is C25H38O3. The number of methoxy groups -OCH3 is 1. The van der Waals surface area contributed by atoms with Gasteiger partial charge in [0.15, 0.2) is 6.29 Å². The van der Waals surface area contributed by atoms with Gasteiger partial charge < -0.3 is 14.6 Å². The average molecular weight is 387 g/mol. The molecule has 0 aliphatic heterocycles. The summed E-state index contributed by atoms with van der Waals surface area (Å²) in [6, 6.07) is 8.26. The minimum Gasteiger partial charge on any atom is -0.388 e. The molecule has 0 radical (unpaired) electrons. The standard InChI is InChI=1S/C25H38O3/c1-7-9-22(23(26)20-14-12-18(2)13-15-20)19-10-8-11-21(17-16-19)24(27-6)28-25(3,4)5/h8,11-16,21-24,26H,7,9-10,17H2,1-6H3. The van der Waals surface area contributed by atoms with E-state index in [2.05, 4.69) is 77.1 Å². The van der Waals surface area contributed by atoms with Crippen LogP contribution in [-0.2, 0) is 9.47 Å². The molecule has 0 bridgehead atoms. The summed E-state index contributed by atoms with van der Waals surface area (Å²) in [5.41, 5.74) is 3.28. The largest absolute Gasteiger partial charge is 0.388 e. The van der Waals surface area contributed by atoms with Gasteiger partial charge >= 0.3 is 0 Å². The van der Waals surface area contributed by atoms with Crippen LogP contribution in [0.3, 0.4) is 0 Å². The molecule has 0 amide bonds. The highest BCUT2D eigenvalue weighted by Gasteiger charge is 2.28. The van der Waals surface area contributed by atoms with E-state index in [4.69, 9.17) is 9.47 Å². The molecule has 0 fully saturated rings. The number of aliphatic hydroxyl groups excluding tert-OH is 1. The second-order valence-electron chi connectivity index (χ2n) is 8.90. The predicted octanol–water partition coefficient (Wildman–Crippen LogP) is 6.12. The molecule has 0 aromatic heterocycles. The highest BCUT2D eigenvalue weighted by molar-refractivity contribution is 5.27. The first kappa shape index (κ1) is 22.9. The molecule has 156 valence electrons. The van der Waals surface area contributed by atoms with Crippen LogP contribution in [0.5, 0.6) is 0 Å². The Morgan fingerprint density at radius 2 is 1.86 bits per heavy atom. The molecule has 0 saturated heterocycles. The van der Waals surface area contributed by atoms with Crippen molar-refractivity contribution in [2.24, 2.45) is 11.8 Å².